The summed E-state index contributed by atoms with van der Waals surface area (Å²) in [6.45, 7) is 1.40. The van der Waals surface area contributed by atoms with Gasteiger partial charge >= 0.3 is 0 Å². The highest BCUT2D eigenvalue weighted by Crippen LogP contribution is 2.32. The molecule has 1 N–H and O–H groups in total. The zero-order valence-electron chi connectivity index (χ0n) is 14.1. The van der Waals surface area contributed by atoms with E-state index in [9.17, 15) is 9.59 Å². The van der Waals surface area contributed by atoms with Crippen LogP contribution in [0.5, 0.6) is 11.5 Å². The molecule has 0 radical (unpaired) electrons. The summed E-state index contributed by atoms with van der Waals surface area (Å²) in [5.41, 5.74) is 1.53. The van der Waals surface area contributed by atoms with Gasteiger partial charge in [0.15, 0.2) is 11.5 Å². The standard InChI is InChI=1S/C18H20N2O4/c1-12(21)19-15-8-6-5-7-14(15)18(22)20(2)13-9-10-16(23-3)17(11-13)24-4/h5-11H,1-4H3,(H,19,21). The van der Waals surface area contributed by atoms with E-state index in [0.717, 1.165) is 0 Å². The molecule has 0 spiro atoms. The molecular formula is C18H20N2O4. The number of methoxy groups -OCH3 is 2. The summed E-state index contributed by atoms with van der Waals surface area (Å²) in [5, 5.41) is 2.67. The smallest absolute Gasteiger partial charge is 0.260 e. The molecule has 0 aliphatic heterocycles. The van der Waals surface area contributed by atoms with Gasteiger partial charge in [-0.1, -0.05) is 12.1 Å². The molecule has 2 aromatic carbocycles. The largest absolute Gasteiger partial charge is 0.493 e. The average Bonchev–Trinajstić information content (AvgIpc) is 2.59. The number of rotatable bonds is 5. The number of benzene rings is 2. The van der Waals surface area contributed by atoms with Gasteiger partial charge in [-0.25, -0.2) is 0 Å². The second-order valence-electron chi connectivity index (χ2n) is 5.13. The maximum Gasteiger partial charge on any atom is 0.260 e. The van der Waals surface area contributed by atoms with Gasteiger partial charge in [0.1, 0.15) is 0 Å². The number of nitrogens with one attached hydrogen (secondary N) is 1. The molecule has 6 heteroatoms. The van der Waals surface area contributed by atoms with Gasteiger partial charge in [0.2, 0.25) is 5.91 Å². The highest BCUT2D eigenvalue weighted by molar-refractivity contribution is 6.11. The quantitative estimate of drug-likeness (QED) is 0.916. The van der Waals surface area contributed by atoms with Crippen LogP contribution in [0.3, 0.4) is 0 Å². The fourth-order valence-electron chi connectivity index (χ4n) is 2.30. The van der Waals surface area contributed by atoms with Crippen molar-refractivity contribution in [2.45, 2.75) is 6.92 Å². The van der Waals surface area contributed by atoms with Crippen molar-refractivity contribution >= 4 is 23.2 Å². The minimum Gasteiger partial charge on any atom is -0.493 e. The fraction of sp³-hybridized carbons (Fsp3) is 0.222. The van der Waals surface area contributed by atoms with Crippen molar-refractivity contribution in [3.8, 4) is 11.5 Å². The Morgan fingerprint density at radius 3 is 2.29 bits per heavy atom. The summed E-state index contributed by atoms with van der Waals surface area (Å²) < 4.78 is 10.5. The van der Waals surface area contributed by atoms with Crippen molar-refractivity contribution in [3.63, 3.8) is 0 Å². The number of nitrogens with zero attached hydrogens (tertiary/aromatic N) is 1. The molecule has 6 nitrogen and oxygen atoms in total. The van der Waals surface area contributed by atoms with E-state index in [4.69, 9.17) is 9.47 Å². The number of para-hydroxylation sites is 1. The van der Waals surface area contributed by atoms with Gasteiger partial charge in [-0.2, -0.15) is 0 Å². The Hall–Kier alpha value is -3.02. The van der Waals surface area contributed by atoms with Crippen molar-refractivity contribution in [2.75, 3.05) is 31.5 Å². The van der Waals surface area contributed by atoms with E-state index in [-0.39, 0.29) is 11.8 Å². The predicted octanol–water partition coefficient (Wildman–Crippen LogP) is 2.94. The summed E-state index contributed by atoms with van der Waals surface area (Å²) in [4.78, 5) is 25.6. The van der Waals surface area contributed by atoms with Gasteiger partial charge < -0.3 is 19.7 Å². The van der Waals surface area contributed by atoms with Gasteiger partial charge in [0.05, 0.1) is 25.5 Å². The molecule has 0 aromatic heterocycles. The Balaban J connectivity index is 2.35. The number of ether oxygens (including phenoxy) is 2. The minimum atomic E-state index is -0.244. The van der Waals surface area contributed by atoms with Crippen LogP contribution >= 0.6 is 0 Å². The monoisotopic (exact) mass is 328 g/mol. The lowest BCUT2D eigenvalue weighted by Gasteiger charge is -2.20. The summed E-state index contributed by atoms with van der Waals surface area (Å²) >= 11 is 0. The molecule has 0 fully saturated rings. The third-order valence-electron chi connectivity index (χ3n) is 3.53. The maximum absolute atomic E-state index is 12.8. The van der Waals surface area contributed by atoms with Gasteiger partial charge in [-0.3, -0.25) is 9.59 Å². The number of anilines is 2. The lowest BCUT2D eigenvalue weighted by atomic mass is 10.1. The van der Waals surface area contributed by atoms with Crippen LogP contribution in [0.25, 0.3) is 0 Å². The molecule has 0 unspecified atom stereocenters. The molecule has 0 saturated heterocycles. The molecule has 2 aromatic rings. The predicted molar refractivity (Wildman–Crippen MR) is 93.0 cm³/mol. The Labute approximate surface area is 141 Å². The Morgan fingerprint density at radius 1 is 1.00 bits per heavy atom. The Morgan fingerprint density at radius 2 is 1.67 bits per heavy atom. The normalized spacial score (nSPS) is 10.0. The van der Waals surface area contributed by atoms with Crippen LogP contribution in [0.1, 0.15) is 17.3 Å². The molecule has 126 valence electrons. The van der Waals surface area contributed by atoms with E-state index < -0.39 is 0 Å². The minimum absolute atomic E-state index is 0.232. The van der Waals surface area contributed by atoms with E-state index >= 15 is 0 Å². The van der Waals surface area contributed by atoms with E-state index in [1.807, 2.05) is 0 Å². The lowest BCUT2D eigenvalue weighted by molar-refractivity contribution is -0.114. The topological polar surface area (TPSA) is 67.9 Å². The van der Waals surface area contributed by atoms with Gasteiger partial charge in [-0.15, -0.1) is 0 Å². The third-order valence-corrected chi connectivity index (χ3v) is 3.53. The van der Waals surface area contributed by atoms with Gasteiger partial charge in [-0.05, 0) is 24.3 Å². The van der Waals surface area contributed by atoms with Crippen molar-refractivity contribution in [3.05, 3.63) is 48.0 Å². The number of carbonyl (C=O) groups excluding carboxylic acids is 2. The summed E-state index contributed by atoms with van der Waals surface area (Å²) in [6, 6.07) is 12.1. The van der Waals surface area contributed by atoms with Crippen molar-refractivity contribution in [2.24, 2.45) is 0 Å². The average molecular weight is 328 g/mol. The SMILES string of the molecule is COc1ccc(N(C)C(=O)c2ccccc2NC(C)=O)cc1OC. The first-order chi connectivity index (χ1) is 11.5. The van der Waals surface area contributed by atoms with E-state index in [1.54, 1.807) is 56.6 Å². The van der Waals surface area contributed by atoms with Crippen LogP contribution in [0, 0.1) is 0 Å². The van der Waals surface area contributed by atoms with E-state index in [2.05, 4.69) is 5.32 Å². The van der Waals surface area contributed by atoms with Crippen LogP contribution in [0.2, 0.25) is 0 Å². The molecular weight excluding hydrogens is 308 g/mol. The highest BCUT2D eigenvalue weighted by Gasteiger charge is 2.18. The zero-order valence-corrected chi connectivity index (χ0v) is 14.1. The first-order valence-corrected chi connectivity index (χ1v) is 7.34. The van der Waals surface area contributed by atoms with Crippen molar-refractivity contribution in [1.82, 2.24) is 0 Å². The third kappa shape index (κ3) is 3.65. The van der Waals surface area contributed by atoms with Crippen LogP contribution < -0.4 is 19.7 Å². The molecule has 24 heavy (non-hydrogen) atoms. The molecule has 0 aliphatic carbocycles. The van der Waals surface area contributed by atoms with Crippen molar-refractivity contribution in [1.29, 1.82) is 0 Å². The van der Waals surface area contributed by atoms with Crippen LogP contribution in [-0.2, 0) is 4.79 Å². The first kappa shape index (κ1) is 17.3. The van der Waals surface area contributed by atoms with Gasteiger partial charge in [0.25, 0.3) is 5.91 Å². The van der Waals surface area contributed by atoms with E-state index in [1.165, 1.54) is 18.9 Å². The Kier molecular flexibility index (Phi) is 5.42. The second-order valence-corrected chi connectivity index (χ2v) is 5.13. The van der Waals surface area contributed by atoms with Crippen LogP contribution in [0.4, 0.5) is 11.4 Å². The molecule has 0 aliphatic rings. The van der Waals surface area contributed by atoms with E-state index in [0.29, 0.717) is 28.4 Å². The fourth-order valence-corrected chi connectivity index (χ4v) is 2.30. The number of hydrogen-bond donors (Lipinski definition) is 1. The molecule has 0 saturated carbocycles. The molecule has 2 rings (SSSR count). The summed E-state index contributed by atoms with van der Waals surface area (Å²) in [5.74, 6) is 0.640. The second kappa shape index (κ2) is 7.50. The number of amides is 2. The first-order valence-electron chi connectivity index (χ1n) is 7.34. The van der Waals surface area contributed by atoms with Crippen LogP contribution in [0.15, 0.2) is 42.5 Å². The van der Waals surface area contributed by atoms with Gasteiger partial charge in [0, 0.05) is 25.7 Å². The molecule has 0 atom stereocenters. The Bertz CT molecular complexity index is 758. The summed E-state index contributed by atoms with van der Waals surface area (Å²) in [7, 11) is 4.75. The maximum atomic E-state index is 12.8. The number of carbonyl (C=O) groups is 2. The summed E-state index contributed by atoms with van der Waals surface area (Å²) in [6.07, 6.45) is 0. The molecule has 0 bridgehead atoms. The van der Waals surface area contributed by atoms with Crippen LogP contribution in [-0.4, -0.2) is 33.1 Å². The molecule has 0 heterocycles. The highest BCUT2D eigenvalue weighted by atomic mass is 16.5. The number of hydrogen-bond acceptors (Lipinski definition) is 4. The molecule has 2 amide bonds. The van der Waals surface area contributed by atoms with Crippen molar-refractivity contribution < 1.29 is 19.1 Å². The lowest BCUT2D eigenvalue weighted by Crippen LogP contribution is -2.27. The zero-order chi connectivity index (χ0) is 17.7.